The maximum Gasteiger partial charge on any atom is 0.146 e. The smallest absolute Gasteiger partial charge is 0.146 e. The lowest BCUT2D eigenvalue weighted by molar-refractivity contribution is 0.178. The molecule has 1 saturated heterocycles. The SMILES string of the molecule is CCn1cnnc1CNC(C)C1CCOC1. The number of aromatic nitrogens is 3. The molecule has 1 aliphatic heterocycles. The summed E-state index contributed by atoms with van der Waals surface area (Å²) in [4.78, 5) is 0. The molecule has 2 atom stereocenters. The van der Waals surface area contributed by atoms with Gasteiger partial charge in [-0.05, 0) is 26.2 Å². The van der Waals surface area contributed by atoms with Crippen molar-refractivity contribution >= 4 is 0 Å². The topological polar surface area (TPSA) is 52.0 Å². The van der Waals surface area contributed by atoms with Crippen LogP contribution in [0.25, 0.3) is 0 Å². The van der Waals surface area contributed by atoms with Crippen molar-refractivity contribution < 1.29 is 4.74 Å². The molecule has 0 radical (unpaired) electrons. The van der Waals surface area contributed by atoms with Gasteiger partial charge in [0.05, 0.1) is 13.2 Å². The summed E-state index contributed by atoms with van der Waals surface area (Å²) in [5, 5.41) is 11.5. The van der Waals surface area contributed by atoms with Crippen molar-refractivity contribution in [3.05, 3.63) is 12.2 Å². The number of hydrogen-bond donors (Lipinski definition) is 1. The molecule has 2 rings (SSSR count). The number of nitrogens with one attached hydrogen (secondary N) is 1. The second kappa shape index (κ2) is 5.41. The Morgan fingerprint density at radius 2 is 2.56 bits per heavy atom. The predicted molar refractivity (Wildman–Crippen MR) is 60.9 cm³/mol. The average Bonchev–Trinajstić information content (AvgIpc) is 2.96. The highest BCUT2D eigenvalue weighted by Gasteiger charge is 2.22. The van der Waals surface area contributed by atoms with Crippen LogP contribution in [-0.4, -0.2) is 34.0 Å². The van der Waals surface area contributed by atoms with Crippen LogP contribution in [-0.2, 0) is 17.8 Å². The van der Waals surface area contributed by atoms with E-state index in [0.717, 1.165) is 38.5 Å². The fourth-order valence-electron chi connectivity index (χ4n) is 2.05. The fourth-order valence-corrected chi connectivity index (χ4v) is 2.05. The van der Waals surface area contributed by atoms with Gasteiger partial charge in [-0.25, -0.2) is 0 Å². The van der Waals surface area contributed by atoms with Crippen LogP contribution in [0.15, 0.2) is 6.33 Å². The highest BCUT2D eigenvalue weighted by molar-refractivity contribution is 4.86. The van der Waals surface area contributed by atoms with Gasteiger partial charge in [0.2, 0.25) is 0 Å². The molecule has 1 aromatic rings. The molecule has 0 bridgehead atoms. The molecule has 0 aromatic carbocycles. The Hall–Kier alpha value is -0.940. The van der Waals surface area contributed by atoms with Crippen LogP contribution in [0.5, 0.6) is 0 Å². The summed E-state index contributed by atoms with van der Waals surface area (Å²) in [7, 11) is 0. The van der Waals surface area contributed by atoms with E-state index in [-0.39, 0.29) is 0 Å². The number of aryl methyl sites for hydroxylation is 1. The van der Waals surface area contributed by atoms with Crippen LogP contribution >= 0.6 is 0 Å². The first kappa shape index (κ1) is 11.5. The third kappa shape index (κ3) is 2.59. The molecule has 0 spiro atoms. The molecule has 1 aliphatic rings. The summed E-state index contributed by atoms with van der Waals surface area (Å²) in [5.74, 6) is 1.64. The summed E-state index contributed by atoms with van der Waals surface area (Å²) >= 11 is 0. The average molecular weight is 224 g/mol. The highest BCUT2D eigenvalue weighted by Crippen LogP contribution is 2.16. The highest BCUT2D eigenvalue weighted by atomic mass is 16.5. The zero-order valence-corrected chi connectivity index (χ0v) is 10.0. The van der Waals surface area contributed by atoms with Crippen molar-refractivity contribution in [3.8, 4) is 0 Å². The number of ether oxygens (including phenoxy) is 1. The van der Waals surface area contributed by atoms with Crippen molar-refractivity contribution in [1.82, 2.24) is 20.1 Å². The molecule has 90 valence electrons. The van der Waals surface area contributed by atoms with Crippen molar-refractivity contribution in [3.63, 3.8) is 0 Å². The van der Waals surface area contributed by atoms with Gasteiger partial charge in [-0.3, -0.25) is 0 Å². The summed E-state index contributed by atoms with van der Waals surface area (Å²) < 4.78 is 7.45. The molecule has 5 nitrogen and oxygen atoms in total. The van der Waals surface area contributed by atoms with Gasteiger partial charge in [0, 0.05) is 19.2 Å². The van der Waals surface area contributed by atoms with Crippen LogP contribution in [0.3, 0.4) is 0 Å². The maximum absolute atomic E-state index is 5.39. The Morgan fingerprint density at radius 1 is 1.69 bits per heavy atom. The van der Waals surface area contributed by atoms with Gasteiger partial charge >= 0.3 is 0 Å². The van der Waals surface area contributed by atoms with Crippen molar-refractivity contribution in [2.75, 3.05) is 13.2 Å². The largest absolute Gasteiger partial charge is 0.381 e. The van der Waals surface area contributed by atoms with Gasteiger partial charge in [-0.2, -0.15) is 0 Å². The molecule has 16 heavy (non-hydrogen) atoms. The number of hydrogen-bond acceptors (Lipinski definition) is 4. The van der Waals surface area contributed by atoms with Gasteiger partial charge < -0.3 is 14.6 Å². The monoisotopic (exact) mass is 224 g/mol. The molecule has 2 heterocycles. The molecule has 1 aromatic heterocycles. The van der Waals surface area contributed by atoms with Gasteiger partial charge in [0.1, 0.15) is 12.2 Å². The minimum Gasteiger partial charge on any atom is -0.381 e. The summed E-state index contributed by atoms with van der Waals surface area (Å²) in [5.41, 5.74) is 0. The zero-order valence-electron chi connectivity index (χ0n) is 10.0. The van der Waals surface area contributed by atoms with Crippen LogP contribution in [0.2, 0.25) is 0 Å². The first-order valence-corrected chi connectivity index (χ1v) is 5.99. The Balaban J connectivity index is 1.82. The lowest BCUT2D eigenvalue weighted by Crippen LogP contribution is -2.34. The van der Waals surface area contributed by atoms with E-state index in [1.807, 2.05) is 0 Å². The first-order chi connectivity index (χ1) is 7.81. The van der Waals surface area contributed by atoms with Gasteiger partial charge in [-0.15, -0.1) is 10.2 Å². The third-order valence-electron chi connectivity index (χ3n) is 3.29. The minimum absolute atomic E-state index is 0.476. The van der Waals surface area contributed by atoms with E-state index in [4.69, 9.17) is 4.74 Å². The molecule has 1 fully saturated rings. The molecule has 2 unspecified atom stereocenters. The fraction of sp³-hybridized carbons (Fsp3) is 0.818. The second-order valence-electron chi connectivity index (χ2n) is 4.33. The van der Waals surface area contributed by atoms with E-state index in [2.05, 4.69) is 33.9 Å². The van der Waals surface area contributed by atoms with Crippen LogP contribution < -0.4 is 5.32 Å². The van der Waals surface area contributed by atoms with E-state index in [1.165, 1.54) is 0 Å². The quantitative estimate of drug-likeness (QED) is 0.804. The Kier molecular flexibility index (Phi) is 3.90. The Bertz CT molecular complexity index is 320. The Labute approximate surface area is 96.2 Å². The van der Waals surface area contributed by atoms with Crippen molar-refractivity contribution in [2.45, 2.75) is 39.4 Å². The lowest BCUT2D eigenvalue weighted by Gasteiger charge is -2.18. The zero-order chi connectivity index (χ0) is 11.4. The maximum atomic E-state index is 5.39. The second-order valence-corrected chi connectivity index (χ2v) is 4.33. The minimum atomic E-state index is 0.476. The predicted octanol–water partition coefficient (Wildman–Crippen LogP) is 0.813. The van der Waals surface area contributed by atoms with E-state index in [0.29, 0.717) is 12.0 Å². The van der Waals surface area contributed by atoms with E-state index in [1.54, 1.807) is 6.33 Å². The van der Waals surface area contributed by atoms with E-state index in [9.17, 15) is 0 Å². The molecule has 0 saturated carbocycles. The van der Waals surface area contributed by atoms with Crippen LogP contribution in [0.1, 0.15) is 26.1 Å². The van der Waals surface area contributed by atoms with Gasteiger partial charge in [-0.1, -0.05) is 0 Å². The normalized spacial score (nSPS) is 22.5. The Morgan fingerprint density at radius 3 is 3.25 bits per heavy atom. The number of rotatable bonds is 5. The standard InChI is InChI=1S/C11H20N4O/c1-3-15-8-13-14-11(15)6-12-9(2)10-4-5-16-7-10/h8-10,12H,3-7H2,1-2H3. The third-order valence-corrected chi connectivity index (χ3v) is 3.29. The van der Waals surface area contributed by atoms with Crippen molar-refractivity contribution in [1.29, 1.82) is 0 Å². The van der Waals surface area contributed by atoms with E-state index >= 15 is 0 Å². The summed E-state index contributed by atoms with van der Waals surface area (Å²) in [6.45, 7) is 7.81. The van der Waals surface area contributed by atoms with Crippen LogP contribution in [0, 0.1) is 5.92 Å². The molecular weight excluding hydrogens is 204 g/mol. The molecule has 1 N–H and O–H groups in total. The summed E-state index contributed by atoms with van der Waals surface area (Å²) in [6.07, 6.45) is 2.94. The van der Waals surface area contributed by atoms with Gasteiger partial charge in [0.15, 0.2) is 0 Å². The van der Waals surface area contributed by atoms with Crippen molar-refractivity contribution in [2.24, 2.45) is 5.92 Å². The molecule has 0 amide bonds. The number of nitrogens with zero attached hydrogens (tertiary/aromatic N) is 3. The molecule has 5 heteroatoms. The first-order valence-electron chi connectivity index (χ1n) is 5.99. The summed E-state index contributed by atoms with van der Waals surface area (Å²) in [6, 6.07) is 0.476. The molecule has 0 aliphatic carbocycles. The van der Waals surface area contributed by atoms with Gasteiger partial charge in [0.25, 0.3) is 0 Å². The van der Waals surface area contributed by atoms with Crippen LogP contribution in [0.4, 0.5) is 0 Å². The molecular formula is C11H20N4O. The van der Waals surface area contributed by atoms with E-state index < -0.39 is 0 Å². The lowest BCUT2D eigenvalue weighted by atomic mass is 10.0.